The van der Waals surface area contributed by atoms with E-state index in [0.29, 0.717) is 6.61 Å². The van der Waals surface area contributed by atoms with E-state index in [9.17, 15) is 4.79 Å². The number of amides is 1. The van der Waals surface area contributed by atoms with E-state index in [1.54, 1.807) is 0 Å². The highest BCUT2D eigenvalue weighted by molar-refractivity contribution is 7.92. The van der Waals surface area contributed by atoms with Crippen LogP contribution in [-0.4, -0.2) is 12.5 Å². The van der Waals surface area contributed by atoms with Crippen molar-refractivity contribution in [3.63, 3.8) is 0 Å². The fraction of sp³-hybridized carbons (Fsp3) is 0.222. The average molecular weight is 212 g/mol. The Bertz CT molecular complexity index is 279. The maximum Gasteiger partial charge on any atom is 0.232 e. The minimum atomic E-state index is -0.402. The lowest BCUT2D eigenvalue weighted by molar-refractivity contribution is -0.116. The van der Waals surface area contributed by atoms with Crippen LogP contribution < -0.4 is 10.5 Å². The third kappa shape index (κ3) is 4.86. The summed E-state index contributed by atoms with van der Waals surface area (Å²) in [4.78, 5) is 10.3. The Morgan fingerprint density at radius 1 is 1.43 bits per heavy atom. The van der Waals surface area contributed by atoms with Crippen LogP contribution in [0, 0.1) is 0 Å². The molecule has 0 aromatic heterocycles. The first-order chi connectivity index (χ1) is 6.79. The highest BCUT2D eigenvalue weighted by Crippen LogP contribution is 2.05. The molecule has 0 spiro atoms. The van der Waals surface area contributed by atoms with Gasteiger partial charge in [0.1, 0.15) is 0 Å². The molecule has 1 amide bonds. The molecule has 76 valence electrons. The average Bonchev–Trinajstić information content (AvgIpc) is 2.18. The molecule has 14 heavy (non-hydrogen) atoms. The molecule has 0 aliphatic heterocycles. The van der Waals surface area contributed by atoms with Crippen LogP contribution in [0.3, 0.4) is 0 Å². The van der Waals surface area contributed by atoms with Gasteiger partial charge >= 0.3 is 0 Å². The summed E-state index contributed by atoms with van der Waals surface area (Å²) in [6, 6.07) is 9.77. The van der Waals surface area contributed by atoms with E-state index in [1.807, 2.05) is 30.3 Å². The molecule has 1 rings (SSSR count). The number of carbonyl (C=O) groups excluding carboxylic acids is 1. The van der Waals surface area contributed by atoms with Crippen molar-refractivity contribution in [2.24, 2.45) is 5.73 Å². The van der Waals surface area contributed by atoms with Crippen LogP contribution in [0.25, 0.3) is 0 Å². The molecule has 0 bridgehead atoms. The number of hydrogen-bond donors (Lipinski definition) is 2. The monoisotopic (exact) mass is 212 g/mol. The zero-order chi connectivity index (χ0) is 10.2. The maximum absolute atomic E-state index is 10.3. The second kappa shape index (κ2) is 6.42. The van der Waals surface area contributed by atoms with Gasteiger partial charge in [0.15, 0.2) is 0 Å². The minimum Gasteiger partial charge on any atom is -0.369 e. The smallest absolute Gasteiger partial charge is 0.232 e. The van der Waals surface area contributed by atoms with Gasteiger partial charge < -0.3 is 5.73 Å². The Labute approximate surface area is 87.2 Å². The van der Waals surface area contributed by atoms with Crippen LogP contribution >= 0.6 is 12.2 Å². The van der Waals surface area contributed by atoms with Gasteiger partial charge in [0.2, 0.25) is 5.91 Å². The summed E-state index contributed by atoms with van der Waals surface area (Å²) in [5, 5.41) is 0. The van der Waals surface area contributed by atoms with Crippen LogP contribution in [0.2, 0.25) is 0 Å². The quantitative estimate of drug-likeness (QED) is 0.416. The first-order valence-electron chi connectivity index (χ1n) is 4.12. The standard InChI is InChI=1S/C9H12N2O2S/c10-9(12)6-11-14-13-7-8-4-2-1-3-5-8/h1-5,11H,6-7H2,(H2,10,12). The SMILES string of the molecule is NC(=O)CNSOCc1ccccc1. The summed E-state index contributed by atoms with van der Waals surface area (Å²) in [6.45, 7) is 0.608. The Kier molecular flexibility index (Phi) is 5.06. The van der Waals surface area contributed by atoms with Crippen molar-refractivity contribution in [1.82, 2.24) is 4.72 Å². The second-order valence-corrected chi connectivity index (χ2v) is 3.31. The zero-order valence-electron chi connectivity index (χ0n) is 7.60. The van der Waals surface area contributed by atoms with Gasteiger partial charge in [0.05, 0.1) is 25.4 Å². The summed E-state index contributed by atoms with van der Waals surface area (Å²) in [5.41, 5.74) is 6.00. The van der Waals surface area contributed by atoms with Crippen LogP contribution in [0.15, 0.2) is 30.3 Å². The number of benzene rings is 1. The number of nitrogens with one attached hydrogen (secondary N) is 1. The molecule has 5 heteroatoms. The molecule has 0 radical (unpaired) electrons. The lowest BCUT2D eigenvalue weighted by atomic mass is 10.2. The van der Waals surface area contributed by atoms with Gasteiger partial charge in [-0.2, -0.15) is 0 Å². The molecule has 0 aliphatic carbocycles. The first-order valence-corrected chi connectivity index (χ1v) is 4.87. The van der Waals surface area contributed by atoms with Crippen LogP contribution in [0.5, 0.6) is 0 Å². The lowest BCUT2D eigenvalue weighted by Crippen LogP contribution is -2.24. The molecule has 1 aromatic rings. The lowest BCUT2D eigenvalue weighted by Gasteiger charge is -2.02. The highest BCUT2D eigenvalue weighted by atomic mass is 32.2. The molecule has 0 atom stereocenters. The van der Waals surface area contributed by atoms with Crippen molar-refractivity contribution in [3.05, 3.63) is 35.9 Å². The molecule has 1 aromatic carbocycles. The van der Waals surface area contributed by atoms with Gasteiger partial charge in [0.25, 0.3) is 0 Å². The van der Waals surface area contributed by atoms with Crippen molar-refractivity contribution >= 4 is 18.1 Å². The summed E-state index contributed by atoms with van der Waals surface area (Å²) >= 11 is 1.03. The molecular formula is C9H12N2O2S. The second-order valence-electron chi connectivity index (χ2n) is 2.62. The largest absolute Gasteiger partial charge is 0.369 e. The van der Waals surface area contributed by atoms with Crippen LogP contribution in [0.1, 0.15) is 5.56 Å². The predicted molar refractivity (Wildman–Crippen MR) is 56.0 cm³/mol. The normalized spacial score (nSPS) is 10.0. The molecule has 0 heterocycles. The summed E-state index contributed by atoms with van der Waals surface area (Å²) < 4.78 is 7.84. The Morgan fingerprint density at radius 2 is 2.14 bits per heavy atom. The summed E-state index contributed by atoms with van der Waals surface area (Å²) in [7, 11) is 0. The molecule has 0 saturated heterocycles. The van der Waals surface area contributed by atoms with E-state index >= 15 is 0 Å². The van der Waals surface area contributed by atoms with E-state index in [4.69, 9.17) is 9.92 Å². The van der Waals surface area contributed by atoms with Gasteiger partial charge in [0, 0.05) is 0 Å². The molecule has 4 nitrogen and oxygen atoms in total. The van der Waals surface area contributed by atoms with Crippen molar-refractivity contribution in [1.29, 1.82) is 0 Å². The van der Waals surface area contributed by atoms with Crippen molar-refractivity contribution in [2.45, 2.75) is 6.61 Å². The zero-order valence-corrected chi connectivity index (χ0v) is 8.42. The molecule has 0 fully saturated rings. The molecule has 3 N–H and O–H groups in total. The minimum absolute atomic E-state index is 0.111. The molecule has 0 aliphatic rings. The van der Waals surface area contributed by atoms with Gasteiger partial charge in [-0.3, -0.25) is 8.98 Å². The van der Waals surface area contributed by atoms with Gasteiger partial charge in [-0.15, -0.1) is 0 Å². The Morgan fingerprint density at radius 3 is 2.79 bits per heavy atom. The number of nitrogens with two attached hydrogens (primary N) is 1. The molecule has 0 saturated carbocycles. The highest BCUT2D eigenvalue weighted by Gasteiger charge is 1.94. The summed E-state index contributed by atoms with van der Waals surface area (Å²) in [5.74, 6) is -0.402. The van der Waals surface area contributed by atoms with Crippen molar-refractivity contribution < 1.29 is 8.98 Å². The summed E-state index contributed by atoms with van der Waals surface area (Å²) in [6.07, 6.45) is 0. The van der Waals surface area contributed by atoms with Gasteiger partial charge in [-0.1, -0.05) is 30.3 Å². The third-order valence-corrected chi connectivity index (χ3v) is 1.93. The van der Waals surface area contributed by atoms with Gasteiger partial charge in [-0.05, 0) is 5.56 Å². The van der Waals surface area contributed by atoms with E-state index in [-0.39, 0.29) is 6.54 Å². The van der Waals surface area contributed by atoms with E-state index in [0.717, 1.165) is 17.8 Å². The van der Waals surface area contributed by atoms with Crippen LogP contribution in [-0.2, 0) is 15.6 Å². The van der Waals surface area contributed by atoms with Crippen molar-refractivity contribution in [2.75, 3.05) is 6.54 Å². The topological polar surface area (TPSA) is 64.4 Å². The van der Waals surface area contributed by atoms with Crippen LogP contribution in [0.4, 0.5) is 0 Å². The Balaban J connectivity index is 2.08. The first kappa shape index (κ1) is 11.0. The number of primary amides is 1. The third-order valence-electron chi connectivity index (χ3n) is 1.43. The van der Waals surface area contributed by atoms with E-state index in [1.165, 1.54) is 0 Å². The van der Waals surface area contributed by atoms with Crippen molar-refractivity contribution in [3.8, 4) is 0 Å². The number of hydrogen-bond acceptors (Lipinski definition) is 4. The maximum atomic E-state index is 10.3. The number of carbonyl (C=O) groups is 1. The number of rotatable bonds is 6. The predicted octanol–water partition coefficient (Wildman–Crippen LogP) is 0.841. The molecule has 0 unspecified atom stereocenters. The van der Waals surface area contributed by atoms with Gasteiger partial charge in [-0.25, -0.2) is 4.72 Å². The molecular weight excluding hydrogens is 200 g/mol. The Hall–Kier alpha value is -1.04. The fourth-order valence-electron chi connectivity index (χ4n) is 0.814. The van der Waals surface area contributed by atoms with E-state index in [2.05, 4.69) is 4.72 Å². The van der Waals surface area contributed by atoms with E-state index < -0.39 is 5.91 Å². The fourth-order valence-corrected chi connectivity index (χ4v) is 1.29.